The number of ether oxygens (including phenoxy) is 1. The van der Waals surface area contributed by atoms with Gasteiger partial charge in [0, 0.05) is 6.42 Å². The van der Waals surface area contributed by atoms with E-state index < -0.39 is 17.1 Å². The molecule has 0 aromatic heterocycles. The van der Waals surface area contributed by atoms with Gasteiger partial charge in [0.1, 0.15) is 16.8 Å². The molecule has 5 nitrogen and oxygen atoms in total. The Hall–Kier alpha value is -2.95. The van der Waals surface area contributed by atoms with Crippen LogP contribution >= 0.6 is 0 Å². The van der Waals surface area contributed by atoms with E-state index in [-0.39, 0.29) is 18.1 Å². The third kappa shape index (κ3) is 3.89. The van der Waals surface area contributed by atoms with Crippen LogP contribution in [-0.4, -0.2) is 23.4 Å². The van der Waals surface area contributed by atoms with Crippen LogP contribution in [-0.2, 0) is 19.7 Å². The largest absolute Gasteiger partial charge is 0.443 e. The Morgan fingerprint density at radius 1 is 1.03 bits per heavy atom. The molecule has 1 heterocycles. The van der Waals surface area contributed by atoms with Gasteiger partial charge >= 0.3 is 6.09 Å². The van der Waals surface area contributed by atoms with Crippen LogP contribution in [0.2, 0.25) is 0 Å². The number of ketones is 1. The number of benzene rings is 2. The van der Waals surface area contributed by atoms with Crippen LogP contribution < -0.4 is 4.90 Å². The smallest absolute Gasteiger partial charge is 0.421 e. The molecule has 0 saturated carbocycles. The van der Waals surface area contributed by atoms with Gasteiger partial charge in [-0.15, -0.1) is 0 Å². The first kappa shape index (κ1) is 21.8. The van der Waals surface area contributed by atoms with E-state index in [1.54, 1.807) is 32.9 Å². The van der Waals surface area contributed by atoms with Crippen molar-refractivity contribution in [3.8, 4) is 0 Å². The topological polar surface area (TPSA) is 63.7 Å². The van der Waals surface area contributed by atoms with Gasteiger partial charge in [-0.3, -0.25) is 4.79 Å². The van der Waals surface area contributed by atoms with E-state index in [1.165, 1.54) is 6.92 Å². The number of carbonyl (C=O) groups excluding carboxylic acids is 3. The SMILES string of the molecule is CC(=O)CC[C@@]1(c2cc(C)cc(C)c2)C(=O)N(C(=O)OC(C)(C)C)c2ccccc21. The van der Waals surface area contributed by atoms with Crippen molar-refractivity contribution < 1.29 is 19.1 Å². The number of rotatable bonds is 4. The third-order valence-corrected chi connectivity index (χ3v) is 5.32. The van der Waals surface area contributed by atoms with Crippen LogP contribution in [0.5, 0.6) is 0 Å². The summed E-state index contributed by atoms with van der Waals surface area (Å²) < 4.78 is 5.55. The van der Waals surface area contributed by atoms with Gasteiger partial charge in [-0.1, -0.05) is 47.5 Å². The summed E-state index contributed by atoms with van der Waals surface area (Å²) in [5, 5.41) is 0. The van der Waals surface area contributed by atoms with Crippen molar-refractivity contribution in [1.82, 2.24) is 0 Å². The second-order valence-corrected chi connectivity index (χ2v) is 9.12. The van der Waals surface area contributed by atoms with Crippen LogP contribution in [0.1, 0.15) is 62.8 Å². The number of carbonyl (C=O) groups is 3. The van der Waals surface area contributed by atoms with Crippen LogP contribution in [0, 0.1) is 13.8 Å². The predicted molar refractivity (Wildman–Crippen MR) is 117 cm³/mol. The van der Waals surface area contributed by atoms with Gasteiger partial charge < -0.3 is 9.53 Å². The Kier molecular flexibility index (Phi) is 5.59. The van der Waals surface area contributed by atoms with Gasteiger partial charge in [0.2, 0.25) is 0 Å². The molecule has 0 saturated heterocycles. The maximum atomic E-state index is 14.0. The number of aryl methyl sites for hydroxylation is 2. The minimum absolute atomic E-state index is 0.000232. The minimum atomic E-state index is -1.12. The Morgan fingerprint density at radius 3 is 2.20 bits per heavy atom. The number of hydrogen-bond donors (Lipinski definition) is 0. The summed E-state index contributed by atoms with van der Waals surface area (Å²) in [5.41, 5.74) is 2.23. The van der Waals surface area contributed by atoms with E-state index in [0.717, 1.165) is 27.2 Å². The Balaban J connectivity index is 2.25. The Bertz CT molecular complexity index is 998. The minimum Gasteiger partial charge on any atom is -0.443 e. The number of hydrogen-bond acceptors (Lipinski definition) is 4. The molecule has 3 rings (SSSR count). The van der Waals surface area contributed by atoms with E-state index in [4.69, 9.17) is 4.74 Å². The molecular weight excluding hydrogens is 378 g/mol. The molecule has 158 valence electrons. The predicted octanol–water partition coefficient (Wildman–Crippen LogP) is 5.24. The van der Waals surface area contributed by atoms with Gasteiger partial charge in [0.05, 0.1) is 5.69 Å². The molecule has 2 aromatic carbocycles. The monoisotopic (exact) mass is 407 g/mol. The maximum absolute atomic E-state index is 14.0. The second-order valence-electron chi connectivity index (χ2n) is 9.12. The van der Waals surface area contributed by atoms with Crippen molar-refractivity contribution in [2.45, 2.75) is 65.4 Å². The highest BCUT2D eigenvalue weighted by Gasteiger charge is 2.54. The average Bonchev–Trinajstić information content (AvgIpc) is 2.86. The summed E-state index contributed by atoms with van der Waals surface area (Å²) >= 11 is 0. The average molecular weight is 408 g/mol. The van der Waals surface area contributed by atoms with Crippen molar-refractivity contribution in [1.29, 1.82) is 0 Å². The first-order valence-corrected chi connectivity index (χ1v) is 10.2. The summed E-state index contributed by atoms with van der Waals surface area (Å²) in [6, 6.07) is 13.3. The molecule has 0 spiro atoms. The molecule has 0 N–H and O–H groups in total. The molecule has 0 unspecified atom stereocenters. The van der Waals surface area contributed by atoms with Crippen molar-refractivity contribution in [2.24, 2.45) is 0 Å². The number of anilines is 1. The van der Waals surface area contributed by atoms with Crippen LogP contribution in [0.25, 0.3) is 0 Å². The van der Waals surface area contributed by atoms with Gasteiger partial charge in [-0.2, -0.15) is 0 Å². The number of Topliss-reactive ketones (excluding diaryl/α,β-unsaturated/α-hetero) is 1. The molecule has 0 bridgehead atoms. The van der Waals surface area contributed by atoms with Gasteiger partial charge in [-0.05, 0) is 65.2 Å². The highest BCUT2D eigenvalue weighted by molar-refractivity contribution is 6.22. The first-order valence-electron chi connectivity index (χ1n) is 10.2. The number of para-hydroxylation sites is 1. The lowest BCUT2D eigenvalue weighted by Crippen LogP contribution is -2.46. The van der Waals surface area contributed by atoms with Crippen molar-refractivity contribution in [3.63, 3.8) is 0 Å². The lowest BCUT2D eigenvalue weighted by atomic mass is 9.71. The summed E-state index contributed by atoms with van der Waals surface area (Å²) in [6.45, 7) is 10.8. The standard InChI is InChI=1S/C25H29NO4/c1-16-13-17(2)15-19(14-16)25(12-11-18(3)27)20-9-7-8-10-21(20)26(22(25)28)23(29)30-24(4,5)6/h7-10,13-15H,11-12H2,1-6H3/t25-/m0/s1. The lowest BCUT2D eigenvalue weighted by molar-refractivity contribution is -0.122. The quantitative estimate of drug-likeness (QED) is 0.695. The molecule has 1 aliphatic rings. The molecule has 0 fully saturated rings. The fraction of sp³-hybridized carbons (Fsp3) is 0.400. The zero-order valence-electron chi connectivity index (χ0n) is 18.5. The van der Waals surface area contributed by atoms with E-state index in [2.05, 4.69) is 0 Å². The van der Waals surface area contributed by atoms with Gasteiger partial charge in [0.15, 0.2) is 0 Å². The molecule has 2 amide bonds. The van der Waals surface area contributed by atoms with Crippen molar-refractivity contribution >= 4 is 23.5 Å². The molecule has 0 radical (unpaired) electrons. The van der Waals surface area contributed by atoms with E-state index in [0.29, 0.717) is 12.1 Å². The molecular formula is C25H29NO4. The zero-order chi connectivity index (χ0) is 22.3. The Labute approximate surface area is 178 Å². The molecule has 1 atom stereocenters. The van der Waals surface area contributed by atoms with E-state index >= 15 is 0 Å². The summed E-state index contributed by atoms with van der Waals surface area (Å²) in [5.74, 6) is -0.371. The highest BCUT2D eigenvalue weighted by atomic mass is 16.6. The maximum Gasteiger partial charge on any atom is 0.421 e. The molecule has 2 aromatic rings. The summed E-state index contributed by atoms with van der Waals surface area (Å²) in [4.78, 5) is 40.1. The van der Waals surface area contributed by atoms with Gasteiger partial charge in [0.25, 0.3) is 5.91 Å². The Morgan fingerprint density at radius 2 is 1.63 bits per heavy atom. The molecule has 5 heteroatoms. The summed E-state index contributed by atoms with van der Waals surface area (Å²) in [7, 11) is 0. The van der Waals surface area contributed by atoms with Crippen molar-refractivity contribution in [2.75, 3.05) is 4.90 Å². The fourth-order valence-electron chi connectivity index (χ4n) is 4.18. The van der Waals surface area contributed by atoms with Crippen LogP contribution in [0.15, 0.2) is 42.5 Å². The highest BCUT2D eigenvalue weighted by Crippen LogP contribution is 2.49. The lowest BCUT2D eigenvalue weighted by Gasteiger charge is -2.30. The zero-order valence-corrected chi connectivity index (χ0v) is 18.5. The van der Waals surface area contributed by atoms with Gasteiger partial charge in [-0.25, -0.2) is 9.69 Å². The molecule has 0 aliphatic carbocycles. The van der Waals surface area contributed by atoms with E-state index in [1.807, 2.05) is 44.2 Å². The molecule has 1 aliphatic heterocycles. The first-order chi connectivity index (χ1) is 14.0. The van der Waals surface area contributed by atoms with E-state index in [9.17, 15) is 14.4 Å². The number of imide groups is 1. The summed E-state index contributed by atoms with van der Waals surface area (Å²) in [6.07, 6.45) is -0.177. The fourth-order valence-corrected chi connectivity index (χ4v) is 4.18. The number of nitrogens with zero attached hydrogens (tertiary/aromatic N) is 1. The van der Waals surface area contributed by atoms with Crippen molar-refractivity contribution in [3.05, 3.63) is 64.7 Å². The third-order valence-electron chi connectivity index (χ3n) is 5.32. The second kappa shape index (κ2) is 7.71. The number of fused-ring (bicyclic) bond motifs is 1. The number of amides is 2. The van der Waals surface area contributed by atoms with Crippen LogP contribution in [0.4, 0.5) is 10.5 Å². The van der Waals surface area contributed by atoms with Crippen LogP contribution in [0.3, 0.4) is 0 Å². The normalized spacial score (nSPS) is 18.3. The molecule has 30 heavy (non-hydrogen) atoms.